The molecule has 8 bridgehead atoms. The van der Waals surface area contributed by atoms with Crippen molar-refractivity contribution in [3.8, 4) is 33.4 Å². The summed E-state index contributed by atoms with van der Waals surface area (Å²) in [6.45, 7) is 5.70. The Morgan fingerprint density at radius 1 is 0.561 bits per heavy atom. The number of rotatable bonds is 4. The number of aromatic nitrogens is 4. The minimum atomic E-state index is -0.692. The second-order valence-corrected chi connectivity index (χ2v) is 15.2. The van der Waals surface area contributed by atoms with E-state index in [4.69, 9.17) is 24.7 Å². The fourth-order valence-corrected chi connectivity index (χ4v) is 8.13. The maximum atomic E-state index is 14.3. The van der Waals surface area contributed by atoms with Gasteiger partial charge < -0.3 is 14.7 Å². The summed E-state index contributed by atoms with van der Waals surface area (Å²) in [6, 6.07) is 47.2. The third-order valence-corrected chi connectivity index (χ3v) is 10.4. The Morgan fingerprint density at radius 3 is 1.56 bits per heavy atom. The molecule has 5 aromatic carbocycles. The molecule has 0 atom stereocenters. The van der Waals surface area contributed by atoms with E-state index in [1.165, 1.54) is 0 Å². The number of hydrogen-bond acceptors (Lipinski definition) is 4. The molecule has 0 aliphatic carbocycles. The van der Waals surface area contributed by atoms with Crippen molar-refractivity contribution < 1.29 is 26.0 Å². The molecule has 0 spiro atoms. The van der Waals surface area contributed by atoms with Gasteiger partial charge in [0.1, 0.15) is 5.60 Å². The predicted molar refractivity (Wildman–Crippen MR) is 227 cm³/mol. The Hall–Kier alpha value is -6.56. The Balaban J connectivity index is 0.00000422. The number of benzene rings is 5. The van der Waals surface area contributed by atoms with Crippen molar-refractivity contribution in [1.29, 1.82) is 0 Å². The van der Waals surface area contributed by atoms with E-state index < -0.39 is 5.60 Å². The molecule has 6 nitrogen and oxygen atoms in total. The van der Waals surface area contributed by atoms with Crippen LogP contribution in [0.3, 0.4) is 0 Å². The van der Waals surface area contributed by atoms with E-state index in [0.29, 0.717) is 12.0 Å². The second-order valence-electron chi connectivity index (χ2n) is 15.2. The van der Waals surface area contributed by atoms with Gasteiger partial charge in [0.25, 0.3) is 0 Å². The van der Waals surface area contributed by atoms with Crippen LogP contribution in [-0.2, 0) is 27.6 Å². The van der Waals surface area contributed by atoms with Crippen LogP contribution in [0, 0.1) is 0 Å². The normalized spacial score (nSPS) is 12.3. The second kappa shape index (κ2) is 14.2. The Kier molecular flexibility index (Phi) is 8.98. The van der Waals surface area contributed by atoms with Gasteiger partial charge in [-0.15, -0.1) is 22.1 Å². The minimum absolute atomic E-state index is 0. The van der Waals surface area contributed by atoms with E-state index in [2.05, 4.69) is 78.9 Å². The summed E-state index contributed by atoms with van der Waals surface area (Å²) >= 11 is 0. The first-order valence-corrected chi connectivity index (χ1v) is 18.9. The van der Waals surface area contributed by atoms with E-state index in [1.54, 1.807) is 0 Å². The Morgan fingerprint density at radius 2 is 1.02 bits per heavy atom. The summed E-state index contributed by atoms with van der Waals surface area (Å²) in [5.74, 6) is -0.371. The molecule has 0 saturated carbocycles. The molecule has 8 aromatic rings. The number of esters is 1. The van der Waals surface area contributed by atoms with Crippen molar-refractivity contribution in [3.63, 3.8) is 0 Å². The fraction of sp³-hybridized carbons (Fsp3) is 0.100. The van der Waals surface area contributed by atoms with Crippen molar-refractivity contribution in [2.24, 2.45) is 0 Å². The van der Waals surface area contributed by atoms with E-state index in [0.717, 1.165) is 99.8 Å². The number of carbonyl (C=O) groups excluding carboxylic acids is 1. The molecule has 278 valence electrons. The number of carbonyl (C=O) groups is 1. The molecule has 10 rings (SSSR count). The molecule has 5 heterocycles. The van der Waals surface area contributed by atoms with Gasteiger partial charge in [0.05, 0.1) is 28.2 Å². The average Bonchev–Trinajstić information content (AvgIpc) is 4.04. The molecule has 3 aromatic heterocycles. The van der Waals surface area contributed by atoms with Crippen molar-refractivity contribution in [3.05, 3.63) is 168 Å². The summed E-state index contributed by atoms with van der Waals surface area (Å²) < 4.78 is 6.12. The summed E-state index contributed by atoms with van der Waals surface area (Å²) in [5, 5.41) is 2.57. The Bertz CT molecular complexity index is 3070. The molecular weight excluding hydrogens is 747 g/mol. The van der Waals surface area contributed by atoms with Gasteiger partial charge in [-0.05, 0) is 88.0 Å². The molecule has 0 fully saturated rings. The largest absolute Gasteiger partial charge is 2.00 e. The number of ether oxygens (including phenoxy) is 1. The van der Waals surface area contributed by atoms with Crippen LogP contribution in [0.15, 0.2) is 140 Å². The molecule has 57 heavy (non-hydrogen) atoms. The van der Waals surface area contributed by atoms with E-state index in [-0.39, 0.29) is 22.5 Å². The van der Waals surface area contributed by atoms with Crippen LogP contribution < -0.4 is 9.97 Å². The first-order chi connectivity index (χ1) is 27.3. The number of hydrogen-bond donors (Lipinski definition) is 0. The van der Waals surface area contributed by atoms with Gasteiger partial charge in [0.15, 0.2) is 0 Å². The Labute approximate surface area is 340 Å². The molecule has 0 saturated heterocycles. The average molecular weight is 784 g/mol. The van der Waals surface area contributed by atoms with Gasteiger partial charge >= 0.3 is 22.5 Å². The SMILES string of the molecule is CC(C)(C)OC(=O)c1c2c3nc(c(-c4ccccc4)c4ccc([n-]4)c(-c4ccccc4)c4nc(c(-c5ccccc5)c5ccc([n-]5)c3c3ccccc13)C=C4)C2.[Ni+2]. The van der Waals surface area contributed by atoms with Crippen molar-refractivity contribution in [1.82, 2.24) is 19.9 Å². The van der Waals surface area contributed by atoms with E-state index in [9.17, 15) is 4.79 Å². The van der Waals surface area contributed by atoms with Gasteiger partial charge in [-0.2, -0.15) is 0 Å². The molecule has 7 heteroatoms. The maximum absolute atomic E-state index is 14.3. The minimum Gasteiger partial charge on any atom is -0.657 e. The zero-order valence-corrected chi connectivity index (χ0v) is 32.6. The van der Waals surface area contributed by atoms with Crippen LogP contribution in [0.4, 0.5) is 0 Å². The van der Waals surface area contributed by atoms with Gasteiger partial charge in [0.2, 0.25) is 0 Å². The topological polar surface area (TPSA) is 80.3 Å². The zero-order chi connectivity index (χ0) is 38.0. The van der Waals surface area contributed by atoms with Crippen molar-refractivity contribution in [2.45, 2.75) is 32.8 Å². The van der Waals surface area contributed by atoms with Crippen LogP contribution in [-0.4, -0.2) is 21.5 Å². The first kappa shape index (κ1) is 36.1. The quantitative estimate of drug-likeness (QED) is 0.131. The van der Waals surface area contributed by atoms with Crippen LogP contribution in [0.25, 0.3) is 89.3 Å². The standard InChI is InChI=1S/C50H37N4O2.Ni/c1-50(2,3)56-49(55)46-33-21-13-14-22-34(33)47-41-28-27-39(53-41)44(31-17-9-5-10-18-31)37-24-23-36(51-37)43(30-15-7-4-8-16-30)38-25-26-40(52-38)45(32-19-11-6-12-20-32)42-29-35(46)48(47)54-42;/h4-28H,29H2,1-3H3,(H-,51,52,53,54,55);/q-1;+2/p-1. The number of fused-ring (bicyclic) bond motifs is 10. The van der Waals surface area contributed by atoms with Crippen LogP contribution >= 0.6 is 0 Å². The molecule has 2 aliphatic rings. The maximum Gasteiger partial charge on any atom is 2.00 e. The predicted octanol–water partition coefficient (Wildman–Crippen LogP) is 11.6. The molecule has 0 radical (unpaired) electrons. The van der Waals surface area contributed by atoms with E-state index in [1.807, 2.05) is 93.6 Å². The zero-order valence-electron chi connectivity index (χ0n) is 31.6. The van der Waals surface area contributed by atoms with Crippen molar-refractivity contribution in [2.75, 3.05) is 0 Å². The summed E-state index contributed by atoms with van der Waals surface area (Å²) in [4.78, 5) is 36.0. The summed E-state index contributed by atoms with van der Waals surface area (Å²) in [6.07, 6.45) is 4.57. The van der Waals surface area contributed by atoms with Gasteiger partial charge in [-0.1, -0.05) is 140 Å². The molecule has 0 amide bonds. The third kappa shape index (κ3) is 6.34. The van der Waals surface area contributed by atoms with Crippen LogP contribution in [0.2, 0.25) is 0 Å². The van der Waals surface area contributed by atoms with Gasteiger partial charge in [-0.25, -0.2) is 9.78 Å². The third-order valence-electron chi connectivity index (χ3n) is 10.4. The fourth-order valence-electron chi connectivity index (χ4n) is 8.13. The monoisotopic (exact) mass is 782 g/mol. The van der Waals surface area contributed by atoms with Crippen LogP contribution in [0.5, 0.6) is 0 Å². The van der Waals surface area contributed by atoms with Crippen molar-refractivity contribution >= 4 is 61.9 Å². The smallest absolute Gasteiger partial charge is 0.657 e. The molecular formula is C50H36N4NiO2. The van der Waals surface area contributed by atoms with Gasteiger partial charge in [-0.3, -0.25) is 4.98 Å². The summed E-state index contributed by atoms with van der Waals surface area (Å²) in [5.41, 5.74) is 12.8. The van der Waals surface area contributed by atoms with Crippen LogP contribution in [0.1, 0.15) is 53.8 Å². The first-order valence-electron chi connectivity index (χ1n) is 18.9. The van der Waals surface area contributed by atoms with Gasteiger partial charge in [0, 0.05) is 6.42 Å². The molecule has 0 unspecified atom stereocenters. The summed E-state index contributed by atoms with van der Waals surface area (Å²) in [7, 11) is 0. The van der Waals surface area contributed by atoms with E-state index >= 15 is 0 Å². The molecule has 0 N–H and O–H groups in total. The molecule has 2 aliphatic heterocycles. The number of nitrogens with zero attached hydrogens (tertiary/aromatic N) is 4.